The first-order chi connectivity index (χ1) is 9.15. The van der Waals surface area contributed by atoms with Crippen molar-refractivity contribution in [3.05, 3.63) is 28.5 Å². The maximum atomic E-state index is 5.70. The van der Waals surface area contributed by atoms with Crippen molar-refractivity contribution in [2.45, 2.75) is 25.5 Å². The van der Waals surface area contributed by atoms with Crippen LogP contribution >= 0.6 is 12.2 Å². The number of hydrogen-bond donors (Lipinski definition) is 1. The molecular formula is C14H18N2O2S. The van der Waals surface area contributed by atoms with Gasteiger partial charge in [-0.25, -0.2) is 0 Å². The second-order valence-electron chi connectivity index (χ2n) is 5.18. The van der Waals surface area contributed by atoms with Crippen LogP contribution in [0.3, 0.4) is 0 Å². The molecule has 2 heterocycles. The van der Waals surface area contributed by atoms with Crippen LogP contribution < -0.4 is 0 Å². The lowest BCUT2D eigenvalue weighted by molar-refractivity contribution is -0.0290. The van der Waals surface area contributed by atoms with Gasteiger partial charge in [-0.15, -0.1) is 0 Å². The standard InChI is InChI=1S/C14H18N2O2S/c1-10-4-3-5-11-12(10)15-13(19)16(11)8-14(17-2)6-7-18-9-14/h3-5H,6-9H2,1-2H3,(H,15,19). The highest BCUT2D eigenvalue weighted by atomic mass is 32.1. The maximum absolute atomic E-state index is 5.70. The SMILES string of the molecule is COC1(Cn2c(=S)[nH]c3c(C)cccc32)CCOC1. The molecule has 102 valence electrons. The van der Waals surface area contributed by atoms with Crippen LogP contribution in [0.4, 0.5) is 0 Å². The van der Waals surface area contributed by atoms with Gasteiger partial charge in [0.25, 0.3) is 0 Å². The normalized spacial score (nSPS) is 23.3. The average molecular weight is 278 g/mol. The van der Waals surface area contributed by atoms with Gasteiger partial charge in [-0.3, -0.25) is 0 Å². The van der Waals surface area contributed by atoms with E-state index >= 15 is 0 Å². The Morgan fingerprint density at radius 3 is 3.05 bits per heavy atom. The van der Waals surface area contributed by atoms with E-state index in [1.54, 1.807) is 7.11 Å². The molecule has 3 rings (SSSR count). The van der Waals surface area contributed by atoms with Gasteiger partial charge < -0.3 is 19.0 Å². The molecule has 1 unspecified atom stereocenters. The molecule has 2 aromatic rings. The van der Waals surface area contributed by atoms with Crippen LogP contribution in [0.5, 0.6) is 0 Å². The molecule has 1 aliphatic heterocycles. The van der Waals surface area contributed by atoms with Crippen molar-refractivity contribution < 1.29 is 9.47 Å². The van der Waals surface area contributed by atoms with Crippen LogP contribution in [0.15, 0.2) is 18.2 Å². The Labute approximate surface area is 117 Å². The number of ether oxygens (including phenoxy) is 2. The van der Waals surface area contributed by atoms with Crippen LogP contribution in [0, 0.1) is 11.7 Å². The Morgan fingerprint density at radius 1 is 1.53 bits per heavy atom. The number of nitrogens with zero attached hydrogens (tertiary/aromatic N) is 1. The monoisotopic (exact) mass is 278 g/mol. The highest BCUT2D eigenvalue weighted by Crippen LogP contribution is 2.27. The molecule has 1 aromatic carbocycles. The van der Waals surface area contributed by atoms with Crippen molar-refractivity contribution in [1.82, 2.24) is 9.55 Å². The van der Waals surface area contributed by atoms with Crippen molar-refractivity contribution >= 4 is 23.3 Å². The Bertz CT molecular complexity index is 653. The molecule has 5 heteroatoms. The number of imidazole rings is 1. The highest BCUT2D eigenvalue weighted by molar-refractivity contribution is 7.71. The molecule has 19 heavy (non-hydrogen) atoms. The largest absolute Gasteiger partial charge is 0.378 e. The van der Waals surface area contributed by atoms with Crippen LogP contribution in [0.2, 0.25) is 0 Å². The van der Waals surface area contributed by atoms with E-state index < -0.39 is 0 Å². The molecule has 0 saturated carbocycles. The molecule has 1 aromatic heterocycles. The number of H-pyrrole nitrogens is 1. The van der Waals surface area contributed by atoms with E-state index in [0.29, 0.717) is 6.61 Å². The first kappa shape index (κ1) is 12.8. The van der Waals surface area contributed by atoms with Crippen LogP contribution in [-0.4, -0.2) is 35.5 Å². The van der Waals surface area contributed by atoms with Crippen molar-refractivity contribution in [2.75, 3.05) is 20.3 Å². The summed E-state index contributed by atoms with van der Waals surface area (Å²) in [7, 11) is 1.75. The fourth-order valence-electron chi connectivity index (χ4n) is 2.71. The molecule has 1 aliphatic rings. The topological polar surface area (TPSA) is 39.2 Å². The van der Waals surface area contributed by atoms with Gasteiger partial charge in [0, 0.05) is 20.1 Å². The lowest BCUT2D eigenvalue weighted by atomic mass is 10.0. The molecule has 0 spiro atoms. The van der Waals surface area contributed by atoms with Crippen molar-refractivity contribution in [1.29, 1.82) is 0 Å². The number of aromatic amines is 1. The third-order valence-corrected chi connectivity index (χ3v) is 4.29. The smallest absolute Gasteiger partial charge is 0.178 e. The van der Waals surface area contributed by atoms with Crippen LogP contribution in [-0.2, 0) is 16.0 Å². The highest BCUT2D eigenvalue weighted by Gasteiger charge is 2.36. The minimum absolute atomic E-state index is 0.253. The Morgan fingerprint density at radius 2 is 2.37 bits per heavy atom. The van der Waals surface area contributed by atoms with Crippen LogP contribution in [0.1, 0.15) is 12.0 Å². The van der Waals surface area contributed by atoms with Gasteiger partial charge in [0.15, 0.2) is 4.77 Å². The fraction of sp³-hybridized carbons (Fsp3) is 0.500. The number of benzene rings is 1. The summed E-state index contributed by atoms with van der Waals surface area (Å²) in [5, 5.41) is 0. The second kappa shape index (κ2) is 4.74. The number of fused-ring (bicyclic) bond motifs is 1. The maximum Gasteiger partial charge on any atom is 0.178 e. The van der Waals surface area contributed by atoms with Gasteiger partial charge in [0.05, 0.1) is 24.2 Å². The zero-order chi connectivity index (χ0) is 13.5. The molecule has 4 nitrogen and oxygen atoms in total. The Kier molecular flexibility index (Phi) is 3.20. The van der Waals surface area contributed by atoms with E-state index in [1.807, 2.05) is 0 Å². The number of aromatic nitrogens is 2. The summed E-state index contributed by atoms with van der Waals surface area (Å²) < 4.78 is 14.1. The molecule has 0 bridgehead atoms. The number of nitrogens with one attached hydrogen (secondary N) is 1. The van der Waals surface area contributed by atoms with Gasteiger partial charge in [0.1, 0.15) is 5.60 Å². The number of aryl methyl sites for hydroxylation is 1. The summed E-state index contributed by atoms with van der Waals surface area (Å²) in [5.41, 5.74) is 3.19. The van der Waals surface area contributed by atoms with Gasteiger partial charge >= 0.3 is 0 Å². The van der Waals surface area contributed by atoms with E-state index in [1.165, 1.54) is 5.56 Å². The van der Waals surface area contributed by atoms with Crippen molar-refractivity contribution in [3.8, 4) is 0 Å². The molecule has 1 saturated heterocycles. The first-order valence-corrected chi connectivity index (χ1v) is 6.87. The predicted molar refractivity (Wildman–Crippen MR) is 77.0 cm³/mol. The predicted octanol–water partition coefficient (Wildman–Crippen LogP) is 2.81. The fourth-order valence-corrected chi connectivity index (χ4v) is 2.97. The van der Waals surface area contributed by atoms with Crippen molar-refractivity contribution in [3.63, 3.8) is 0 Å². The van der Waals surface area contributed by atoms with Gasteiger partial charge in [-0.2, -0.15) is 0 Å². The van der Waals surface area contributed by atoms with E-state index in [0.717, 1.165) is 35.4 Å². The van der Waals surface area contributed by atoms with E-state index in [4.69, 9.17) is 21.7 Å². The molecule has 0 radical (unpaired) electrons. The Balaban J connectivity index is 2.08. The summed E-state index contributed by atoms with van der Waals surface area (Å²) in [6.45, 7) is 4.20. The zero-order valence-corrected chi connectivity index (χ0v) is 12.0. The molecule has 1 atom stereocenters. The molecular weight excluding hydrogens is 260 g/mol. The minimum atomic E-state index is -0.253. The lowest BCUT2D eigenvalue weighted by Crippen LogP contribution is -2.37. The summed E-state index contributed by atoms with van der Waals surface area (Å²) in [4.78, 5) is 3.29. The summed E-state index contributed by atoms with van der Waals surface area (Å²) in [6.07, 6.45) is 0.907. The average Bonchev–Trinajstić information content (AvgIpc) is 2.99. The third kappa shape index (κ3) is 2.12. The number of hydrogen-bond acceptors (Lipinski definition) is 3. The summed E-state index contributed by atoms with van der Waals surface area (Å²) in [6, 6.07) is 6.23. The molecule has 0 amide bonds. The summed E-state index contributed by atoms with van der Waals surface area (Å²) in [5.74, 6) is 0. The molecule has 1 N–H and O–H groups in total. The van der Waals surface area contributed by atoms with E-state index in [9.17, 15) is 0 Å². The zero-order valence-electron chi connectivity index (χ0n) is 11.2. The summed E-state index contributed by atoms with van der Waals surface area (Å²) >= 11 is 5.46. The number of methoxy groups -OCH3 is 1. The number of para-hydroxylation sites is 1. The molecule has 0 aliphatic carbocycles. The van der Waals surface area contributed by atoms with Gasteiger partial charge in [-0.05, 0) is 30.8 Å². The van der Waals surface area contributed by atoms with Crippen molar-refractivity contribution in [2.24, 2.45) is 0 Å². The quantitative estimate of drug-likeness (QED) is 0.878. The second-order valence-corrected chi connectivity index (χ2v) is 5.56. The minimum Gasteiger partial charge on any atom is -0.378 e. The molecule has 1 fully saturated rings. The Hall–Kier alpha value is -1.17. The van der Waals surface area contributed by atoms with Gasteiger partial charge in [-0.1, -0.05) is 12.1 Å². The van der Waals surface area contributed by atoms with E-state index in [-0.39, 0.29) is 5.60 Å². The van der Waals surface area contributed by atoms with Crippen LogP contribution in [0.25, 0.3) is 11.0 Å². The van der Waals surface area contributed by atoms with E-state index in [2.05, 4.69) is 34.7 Å². The first-order valence-electron chi connectivity index (χ1n) is 6.46. The third-order valence-electron chi connectivity index (χ3n) is 3.97. The van der Waals surface area contributed by atoms with Gasteiger partial charge in [0.2, 0.25) is 0 Å². The number of rotatable bonds is 3. The lowest BCUT2D eigenvalue weighted by Gasteiger charge is -2.26.